The van der Waals surface area contributed by atoms with E-state index in [1.807, 2.05) is 0 Å². The standard InChI is InChI=1S/CH4.2Li.H2O4S/c;;;1-5(2,3)4/h1H4;;;(H2,1,2,3,4)/q;2*+1;/p-2. The minimum absolute atomic E-state index is 0. The summed E-state index contributed by atoms with van der Waals surface area (Å²) in [6.07, 6.45) is 0. The Bertz CT molecular complexity index is 97.2. The van der Waals surface area contributed by atoms with Crippen LogP contribution in [0.15, 0.2) is 0 Å². The van der Waals surface area contributed by atoms with E-state index in [2.05, 4.69) is 0 Å². The fourth-order valence-electron chi connectivity index (χ4n) is 0. The van der Waals surface area contributed by atoms with E-state index in [4.69, 9.17) is 17.5 Å². The average molecular weight is 126 g/mol. The molecule has 0 aromatic carbocycles. The number of hydrogen-bond acceptors (Lipinski definition) is 4. The summed E-state index contributed by atoms with van der Waals surface area (Å²) in [5.74, 6) is 0. The van der Waals surface area contributed by atoms with Crippen LogP contribution in [0, 0.1) is 0 Å². The van der Waals surface area contributed by atoms with Crippen LogP contribution in [0.3, 0.4) is 0 Å². The maximum absolute atomic E-state index is 8.52. The first-order chi connectivity index (χ1) is 2.00. The summed E-state index contributed by atoms with van der Waals surface area (Å²) in [5.41, 5.74) is 0. The summed E-state index contributed by atoms with van der Waals surface area (Å²) in [6, 6.07) is 0. The summed E-state index contributed by atoms with van der Waals surface area (Å²) in [6.45, 7) is 0. The van der Waals surface area contributed by atoms with E-state index in [-0.39, 0.29) is 45.1 Å². The molecule has 0 atom stereocenters. The van der Waals surface area contributed by atoms with E-state index in [0.717, 1.165) is 0 Å². The minimum Gasteiger partial charge on any atom is -0.759 e. The van der Waals surface area contributed by atoms with Crippen molar-refractivity contribution in [2.45, 2.75) is 7.43 Å². The summed E-state index contributed by atoms with van der Waals surface area (Å²) >= 11 is 0. The van der Waals surface area contributed by atoms with Crippen molar-refractivity contribution in [2.75, 3.05) is 0 Å². The second-order valence-electron chi connectivity index (χ2n) is 0.408. The van der Waals surface area contributed by atoms with Crippen molar-refractivity contribution in [1.82, 2.24) is 0 Å². The molecule has 0 radical (unpaired) electrons. The average Bonchev–Trinajstić information content (AvgIpc) is 0.722. The third-order valence-electron chi connectivity index (χ3n) is 0. The van der Waals surface area contributed by atoms with E-state index >= 15 is 0 Å². The second-order valence-corrected chi connectivity index (χ2v) is 1.22. The Balaban J connectivity index is -0.0000000267. The zero-order valence-electron chi connectivity index (χ0n) is 4.04. The van der Waals surface area contributed by atoms with Gasteiger partial charge in [0.05, 0.1) is 0 Å². The van der Waals surface area contributed by atoms with E-state index in [9.17, 15) is 0 Å². The van der Waals surface area contributed by atoms with Gasteiger partial charge in [0.2, 0.25) is 0 Å². The molecule has 0 N–H and O–H groups in total. The van der Waals surface area contributed by atoms with Gasteiger partial charge in [-0.1, -0.05) is 7.43 Å². The van der Waals surface area contributed by atoms with Crippen molar-refractivity contribution in [3.63, 3.8) is 0 Å². The van der Waals surface area contributed by atoms with Gasteiger partial charge in [0.25, 0.3) is 0 Å². The molecular formula is CH4Li2O4S. The Kier molecular flexibility index (Phi) is 23.2. The molecule has 40 valence electrons. The van der Waals surface area contributed by atoms with Gasteiger partial charge in [0.1, 0.15) is 0 Å². The molecule has 0 saturated heterocycles. The normalized spacial score (nSPS) is 7.25. The summed E-state index contributed by atoms with van der Waals surface area (Å²) < 4.78 is 34.1. The smallest absolute Gasteiger partial charge is 0.759 e. The molecule has 0 fully saturated rings. The van der Waals surface area contributed by atoms with Gasteiger partial charge in [0, 0.05) is 10.4 Å². The van der Waals surface area contributed by atoms with Gasteiger partial charge < -0.3 is 9.11 Å². The fourth-order valence-corrected chi connectivity index (χ4v) is 0. The molecule has 0 aliphatic rings. The number of rotatable bonds is 0. The molecule has 0 saturated carbocycles. The van der Waals surface area contributed by atoms with Crippen molar-refractivity contribution in [3.8, 4) is 0 Å². The van der Waals surface area contributed by atoms with Crippen LogP contribution in [0.1, 0.15) is 7.43 Å². The Labute approximate surface area is 73.0 Å². The maximum Gasteiger partial charge on any atom is 1.00 e. The van der Waals surface area contributed by atoms with Crippen LogP contribution in [-0.2, 0) is 10.4 Å². The molecule has 7 heteroatoms. The predicted molar refractivity (Wildman–Crippen MR) is 17.2 cm³/mol. The Morgan fingerprint density at radius 3 is 1.00 bits per heavy atom. The van der Waals surface area contributed by atoms with Gasteiger partial charge >= 0.3 is 37.7 Å². The largest absolute Gasteiger partial charge is 1.00 e. The van der Waals surface area contributed by atoms with Crippen LogP contribution in [-0.4, -0.2) is 17.5 Å². The van der Waals surface area contributed by atoms with Crippen molar-refractivity contribution in [1.29, 1.82) is 0 Å². The molecule has 0 heterocycles. The van der Waals surface area contributed by atoms with Gasteiger partial charge in [-0.05, 0) is 0 Å². The minimum atomic E-state index is -5.17. The van der Waals surface area contributed by atoms with Gasteiger partial charge in [-0.15, -0.1) is 0 Å². The molecule has 0 unspecified atom stereocenters. The first kappa shape index (κ1) is 23.0. The molecule has 8 heavy (non-hydrogen) atoms. The topological polar surface area (TPSA) is 80.3 Å². The van der Waals surface area contributed by atoms with Crippen molar-refractivity contribution in [2.24, 2.45) is 0 Å². The summed E-state index contributed by atoms with van der Waals surface area (Å²) in [7, 11) is -5.17. The second kappa shape index (κ2) is 8.06. The van der Waals surface area contributed by atoms with E-state index in [1.165, 1.54) is 0 Å². The van der Waals surface area contributed by atoms with Crippen LogP contribution in [0.25, 0.3) is 0 Å². The third kappa shape index (κ3) is 229. The first-order valence-electron chi connectivity index (χ1n) is 0.667. The van der Waals surface area contributed by atoms with Gasteiger partial charge in [0.15, 0.2) is 0 Å². The van der Waals surface area contributed by atoms with Crippen LogP contribution in [0.4, 0.5) is 0 Å². The zero-order valence-corrected chi connectivity index (χ0v) is 4.86. The first-order valence-corrected chi connectivity index (χ1v) is 2.00. The molecule has 0 aliphatic heterocycles. The fraction of sp³-hybridized carbons (Fsp3) is 1.00. The molecule has 0 aromatic heterocycles. The van der Waals surface area contributed by atoms with Crippen LogP contribution >= 0.6 is 0 Å². The molecule has 0 spiro atoms. The van der Waals surface area contributed by atoms with Crippen LogP contribution in [0.5, 0.6) is 0 Å². The Morgan fingerprint density at radius 1 is 1.00 bits per heavy atom. The van der Waals surface area contributed by atoms with Crippen LogP contribution in [0.2, 0.25) is 0 Å². The van der Waals surface area contributed by atoms with E-state index < -0.39 is 10.4 Å². The zero-order chi connectivity index (χ0) is 4.50. The molecule has 0 aliphatic carbocycles. The van der Waals surface area contributed by atoms with Crippen molar-refractivity contribution < 1.29 is 55.2 Å². The molecule has 0 amide bonds. The molecule has 0 rings (SSSR count). The third-order valence-corrected chi connectivity index (χ3v) is 0. The maximum atomic E-state index is 8.52. The van der Waals surface area contributed by atoms with Crippen LogP contribution < -0.4 is 37.7 Å². The van der Waals surface area contributed by atoms with E-state index in [1.54, 1.807) is 0 Å². The monoisotopic (exact) mass is 126 g/mol. The Hall–Kier alpha value is 1.06. The van der Waals surface area contributed by atoms with Gasteiger partial charge in [-0.3, -0.25) is 8.42 Å². The molecule has 0 bridgehead atoms. The van der Waals surface area contributed by atoms with Gasteiger partial charge in [-0.25, -0.2) is 0 Å². The summed E-state index contributed by atoms with van der Waals surface area (Å²) in [5, 5.41) is 0. The van der Waals surface area contributed by atoms with Crippen molar-refractivity contribution in [3.05, 3.63) is 0 Å². The SMILES string of the molecule is C.O=S(=O)([O-])[O-].[Li+].[Li+]. The van der Waals surface area contributed by atoms with Crippen molar-refractivity contribution >= 4 is 10.4 Å². The van der Waals surface area contributed by atoms with Gasteiger partial charge in [-0.2, -0.15) is 0 Å². The van der Waals surface area contributed by atoms with E-state index in [0.29, 0.717) is 0 Å². The Morgan fingerprint density at radius 2 is 1.00 bits per heavy atom. The quantitative estimate of drug-likeness (QED) is 0.183. The summed E-state index contributed by atoms with van der Waals surface area (Å²) in [4.78, 5) is 0. The molecule has 4 nitrogen and oxygen atoms in total. The molecule has 0 aromatic rings. The predicted octanol–water partition coefficient (Wildman–Crippen LogP) is -6.69. The molecular weight excluding hydrogens is 122 g/mol. The number of hydrogen-bond donors (Lipinski definition) is 0.